The number of methoxy groups -OCH3 is 1. The summed E-state index contributed by atoms with van der Waals surface area (Å²) in [7, 11) is 1.72. The van der Waals surface area contributed by atoms with Gasteiger partial charge in [0.25, 0.3) is 0 Å². The van der Waals surface area contributed by atoms with Gasteiger partial charge in [0.15, 0.2) is 0 Å². The van der Waals surface area contributed by atoms with Crippen LogP contribution in [-0.4, -0.2) is 7.11 Å². The zero-order chi connectivity index (χ0) is 9.80. The smallest absolute Gasteiger partial charge is 0.122 e. The van der Waals surface area contributed by atoms with E-state index in [-0.39, 0.29) is 0 Å². The predicted molar refractivity (Wildman–Crippen MR) is 58.6 cm³/mol. The zero-order valence-corrected chi connectivity index (χ0v) is 8.31. The molecule has 0 fully saturated rings. The van der Waals surface area contributed by atoms with Crippen molar-refractivity contribution in [3.05, 3.63) is 54.1 Å². The first-order valence-corrected chi connectivity index (χ1v) is 4.88. The van der Waals surface area contributed by atoms with Gasteiger partial charge in [-0.3, -0.25) is 0 Å². The van der Waals surface area contributed by atoms with E-state index in [0.29, 0.717) is 5.92 Å². The van der Waals surface area contributed by atoms with E-state index in [9.17, 15) is 0 Å². The second kappa shape index (κ2) is 4.14. The third kappa shape index (κ3) is 1.72. The molecule has 0 spiro atoms. The van der Waals surface area contributed by atoms with Gasteiger partial charge in [-0.05, 0) is 12.5 Å². The molecule has 0 radical (unpaired) electrons. The molecule has 0 saturated heterocycles. The van der Waals surface area contributed by atoms with Crippen molar-refractivity contribution in [2.24, 2.45) is 0 Å². The molecular weight excluding hydrogens is 172 g/mol. The summed E-state index contributed by atoms with van der Waals surface area (Å²) in [6.45, 7) is 0. The molecular formula is C13H14O. The Bertz CT molecular complexity index is 363. The van der Waals surface area contributed by atoms with Crippen LogP contribution >= 0.6 is 0 Å². The Morgan fingerprint density at radius 1 is 1.21 bits per heavy atom. The Balaban J connectivity index is 2.31. The highest BCUT2D eigenvalue weighted by Crippen LogP contribution is 2.31. The van der Waals surface area contributed by atoms with Crippen LogP contribution in [0.25, 0.3) is 0 Å². The van der Waals surface area contributed by atoms with Crippen LogP contribution in [0.5, 0.6) is 5.75 Å². The quantitative estimate of drug-likeness (QED) is 0.688. The predicted octanol–water partition coefficient (Wildman–Crippen LogP) is 3.29. The van der Waals surface area contributed by atoms with Crippen LogP contribution in [0.3, 0.4) is 0 Å². The zero-order valence-electron chi connectivity index (χ0n) is 8.31. The highest BCUT2D eigenvalue weighted by atomic mass is 16.5. The fourth-order valence-corrected chi connectivity index (χ4v) is 1.78. The molecule has 0 N–H and O–H groups in total. The lowest BCUT2D eigenvalue weighted by Crippen LogP contribution is -1.99. The molecule has 1 aromatic carbocycles. The summed E-state index contributed by atoms with van der Waals surface area (Å²) in [6, 6.07) is 8.21. The maximum absolute atomic E-state index is 5.34. The minimum Gasteiger partial charge on any atom is -0.496 e. The number of hydrogen-bond acceptors (Lipinski definition) is 1. The summed E-state index contributed by atoms with van der Waals surface area (Å²) in [4.78, 5) is 0. The lowest BCUT2D eigenvalue weighted by molar-refractivity contribution is 0.408. The van der Waals surface area contributed by atoms with E-state index in [1.165, 1.54) is 5.56 Å². The first kappa shape index (κ1) is 9.07. The summed E-state index contributed by atoms with van der Waals surface area (Å²) in [5, 5.41) is 0. The molecule has 1 atom stereocenters. The Labute approximate surface area is 84.7 Å². The average molecular weight is 186 g/mol. The number of hydrogen-bond donors (Lipinski definition) is 0. The third-order valence-corrected chi connectivity index (χ3v) is 2.52. The van der Waals surface area contributed by atoms with E-state index in [1.807, 2.05) is 12.1 Å². The van der Waals surface area contributed by atoms with Crippen LogP contribution in [0, 0.1) is 0 Å². The van der Waals surface area contributed by atoms with Crippen LogP contribution in [0.4, 0.5) is 0 Å². The van der Waals surface area contributed by atoms with E-state index >= 15 is 0 Å². The van der Waals surface area contributed by atoms with Gasteiger partial charge in [-0.2, -0.15) is 0 Å². The molecule has 72 valence electrons. The monoisotopic (exact) mass is 186 g/mol. The Hall–Kier alpha value is -1.50. The molecule has 1 aromatic rings. The lowest BCUT2D eigenvalue weighted by Gasteiger charge is -2.16. The number of ether oxygens (including phenoxy) is 1. The van der Waals surface area contributed by atoms with Crippen LogP contribution in [0.1, 0.15) is 17.9 Å². The fourth-order valence-electron chi connectivity index (χ4n) is 1.78. The SMILES string of the molecule is COc1ccccc1C1C=CC=CC1. The molecule has 0 amide bonds. The van der Waals surface area contributed by atoms with Gasteiger partial charge in [0, 0.05) is 11.5 Å². The molecule has 1 aliphatic rings. The molecule has 0 heterocycles. The summed E-state index contributed by atoms with van der Waals surface area (Å²) >= 11 is 0. The van der Waals surface area contributed by atoms with E-state index < -0.39 is 0 Å². The summed E-state index contributed by atoms with van der Waals surface area (Å²) in [6.07, 6.45) is 9.67. The van der Waals surface area contributed by atoms with Gasteiger partial charge in [0.2, 0.25) is 0 Å². The van der Waals surface area contributed by atoms with Crippen LogP contribution in [0.2, 0.25) is 0 Å². The van der Waals surface area contributed by atoms with E-state index in [1.54, 1.807) is 7.11 Å². The fraction of sp³-hybridized carbons (Fsp3) is 0.231. The summed E-state index contributed by atoms with van der Waals surface area (Å²) < 4.78 is 5.34. The summed E-state index contributed by atoms with van der Waals surface area (Å²) in [5.41, 5.74) is 1.27. The average Bonchev–Trinajstić information content (AvgIpc) is 2.30. The van der Waals surface area contributed by atoms with Gasteiger partial charge in [0.05, 0.1) is 7.11 Å². The molecule has 0 aliphatic heterocycles. The standard InChI is InChI=1S/C13H14O/c1-14-13-10-6-5-9-12(13)11-7-3-2-4-8-11/h2-7,9-11H,8H2,1H3. The van der Waals surface area contributed by atoms with Gasteiger partial charge >= 0.3 is 0 Å². The minimum atomic E-state index is 0.469. The van der Waals surface area contributed by atoms with Crippen molar-refractivity contribution < 1.29 is 4.74 Å². The van der Waals surface area contributed by atoms with Crippen molar-refractivity contribution in [1.29, 1.82) is 0 Å². The lowest BCUT2D eigenvalue weighted by atomic mass is 9.92. The van der Waals surface area contributed by atoms with Gasteiger partial charge < -0.3 is 4.74 Å². The summed E-state index contributed by atoms with van der Waals surface area (Å²) in [5.74, 6) is 1.45. The Morgan fingerprint density at radius 3 is 2.79 bits per heavy atom. The van der Waals surface area contributed by atoms with Gasteiger partial charge in [0.1, 0.15) is 5.75 Å². The number of rotatable bonds is 2. The number of allylic oxidation sites excluding steroid dienone is 4. The van der Waals surface area contributed by atoms with Crippen molar-refractivity contribution in [2.45, 2.75) is 12.3 Å². The molecule has 0 aromatic heterocycles. The topological polar surface area (TPSA) is 9.23 Å². The first-order valence-electron chi connectivity index (χ1n) is 4.88. The van der Waals surface area contributed by atoms with E-state index in [4.69, 9.17) is 4.74 Å². The molecule has 0 saturated carbocycles. The maximum Gasteiger partial charge on any atom is 0.122 e. The van der Waals surface area contributed by atoms with Crippen LogP contribution in [-0.2, 0) is 0 Å². The van der Waals surface area contributed by atoms with E-state index in [2.05, 4.69) is 36.4 Å². The van der Waals surface area contributed by atoms with Crippen molar-refractivity contribution in [2.75, 3.05) is 7.11 Å². The molecule has 1 heteroatoms. The van der Waals surface area contributed by atoms with Gasteiger partial charge in [-0.15, -0.1) is 0 Å². The minimum absolute atomic E-state index is 0.469. The van der Waals surface area contributed by atoms with Crippen LogP contribution < -0.4 is 4.74 Å². The van der Waals surface area contributed by atoms with Crippen LogP contribution in [0.15, 0.2) is 48.6 Å². The highest BCUT2D eigenvalue weighted by Gasteiger charge is 2.12. The molecule has 0 bridgehead atoms. The molecule has 1 unspecified atom stereocenters. The third-order valence-electron chi connectivity index (χ3n) is 2.52. The highest BCUT2D eigenvalue weighted by molar-refractivity contribution is 5.40. The van der Waals surface area contributed by atoms with Crippen molar-refractivity contribution in [3.8, 4) is 5.75 Å². The van der Waals surface area contributed by atoms with Gasteiger partial charge in [-0.1, -0.05) is 42.5 Å². The second-order valence-corrected chi connectivity index (χ2v) is 3.40. The normalized spacial score (nSPS) is 19.6. The molecule has 1 nitrogen and oxygen atoms in total. The Morgan fingerprint density at radius 2 is 2.07 bits per heavy atom. The Kier molecular flexibility index (Phi) is 2.68. The van der Waals surface area contributed by atoms with E-state index in [0.717, 1.165) is 12.2 Å². The van der Waals surface area contributed by atoms with Gasteiger partial charge in [-0.25, -0.2) is 0 Å². The second-order valence-electron chi connectivity index (χ2n) is 3.40. The molecule has 14 heavy (non-hydrogen) atoms. The largest absolute Gasteiger partial charge is 0.496 e. The first-order chi connectivity index (χ1) is 6.92. The number of para-hydroxylation sites is 1. The molecule has 1 aliphatic carbocycles. The van der Waals surface area contributed by atoms with Crippen molar-refractivity contribution in [3.63, 3.8) is 0 Å². The molecule has 2 rings (SSSR count). The van der Waals surface area contributed by atoms with Crippen molar-refractivity contribution in [1.82, 2.24) is 0 Å². The number of benzene rings is 1. The van der Waals surface area contributed by atoms with Crippen molar-refractivity contribution >= 4 is 0 Å². The maximum atomic E-state index is 5.34.